The number of carbonyl (C=O) groups is 1. The van der Waals surface area contributed by atoms with Crippen molar-refractivity contribution in [2.75, 3.05) is 7.11 Å². The Kier molecular flexibility index (Phi) is 8.36. The third kappa shape index (κ3) is 6.62. The van der Waals surface area contributed by atoms with Gasteiger partial charge in [-0.25, -0.2) is 4.79 Å². The Morgan fingerprint density at radius 3 is 2.41 bits per heavy atom. The molecule has 0 amide bonds. The first-order valence-electron chi connectivity index (χ1n) is 11.8. The maximum Gasteiger partial charge on any atom is 0.345 e. The van der Waals surface area contributed by atoms with Gasteiger partial charge >= 0.3 is 5.97 Å². The summed E-state index contributed by atoms with van der Waals surface area (Å²) >= 11 is 5.92. The topological polar surface area (TPSA) is 87.1 Å². The minimum atomic E-state index is -1.11. The molecule has 0 spiro atoms. The summed E-state index contributed by atoms with van der Waals surface area (Å²) in [5.74, 6) is 1.26. The summed E-state index contributed by atoms with van der Waals surface area (Å²) in [5, 5.41) is 11.2. The van der Waals surface area contributed by atoms with E-state index in [1.165, 1.54) is 0 Å². The van der Waals surface area contributed by atoms with Crippen molar-refractivity contribution in [2.45, 2.75) is 39.1 Å². The fourth-order valence-electron chi connectivity index (χ4n) is 3.82. The number of fused-ring (bicyclic) bond motifs is 1. The Bertz CT molecular complexity index is 1370. The molecule has 1 unspecified atom stereocenters. The van der Waals surface area contributed by atoms with E-state index in [2.05, 4.69) is 4.98 Å². The molecule has 0 aliphatic heterocycles. The van der Waals surface area contributed by atoms with E-state index in [-0.39, 0.29) is 19.1 Å². The van der Waals surface area contributed by atoms with Crippen molar-refractivity contribution in [1.82, 2.24) is 4.98 Å². The predicted octanol–water partition coefficient (Wildman–Crippen LogP) is 6.34. The Morgan fingerprint density at radius 1 is 0.973 bits per heavy atom. The lowest BCUT2D eigenvalue weighted by atomic mass is 10.1. The van der Waals surface area contributed by atoms with Gasteiger partial charge in [-0.15, -0.1) is 0 Å². The Labute approximate surface area is 220 Å². The Morgan fingerprint density at radius 2 is 1.70 bits per heavy atom. The monoisotopic (exact) mass is 521 g/mol. The molecule has 8 heteroatoms. The molecule has 1 aromatic heterocycles. The molecule has 4 rings (SSSR count). The van der Waals surface area contributed by atoms with Crippen molar-refractivity contribution in [3.63, 3.8) is 0 Å². The van der Waals surface area contributed by atoms with E-state index in [0.29, 0.717) is 33.6 Å². The molecule has 0 aliphatic carbocycles. The van der Waals surface area contributed by atoms with Crippen molar-refractivity contribution in [1.29, 1.82) is 0 Å². The number of hydrogen-bond acceptors (Lipinski definition) is 6. The van der Waals surface area contributed by atoms with Gasteiger partial charge < -0.3 is 24.1 Å². The van der Waals surface area contributed by atoms with Crippen LogP contribution in [0.3, 0.4) is 0 Å². The van der Waals surface area contributed by atoms with Crippen molar-refractivity contribution in [2.24, 2.45) is 0 Å². The van der Waals surface area contributed by atoms with Gasteiger partial charge in [-0.1, -0.05) is 29.8 Å². The molecule has 1 heterocycles. The third-order valence-electron chi connectivity index (χ3n) is 5.58. The molecule has 192 valence electrons. The van der Waals surface area contributed by atoms with E-state index in [1.807, 2.05) is 50.2 Å². The summed E-state index contributed by atoms with van der Waals surface area (Å²) in [7, 11) is 1.61. The van der Waals surface area contributed by atoms with E-state index < -0.39 is 12.1 Å². The second-order valence-corrected chi connectivity index (χ2v) is 9.10. The number of nitrogens with zero attached hydrogens (tertiary/aromatic N) is 1. The highest BCUT2D eigenvalue weighted by atomic mass is 35.5. The summed E-state index contributed by atoms with van der Waals surface area (Å²) in [6.45, 7) is 4.09. The first kappa shape index (κ1) is 26.1. The lowest BCUT2D eigenvalue weighted by Crippen LogP contribution is -2.29. The third-order valence-corrected chi connectivity index (χ3v) is 5.83. The number of para-hydroxylation sites is 1. The van der Waals surface area contributed by atoms with Crippen LogP contribution in [0, 0.1) is 0 Å². The zero-order chi connectivity index (χ0) is 26.4. The molecule has 0 fully saturated rings. The Hall–Kier alpha value is -3.97. The molecule has 0 bridgehead atoms. The summed E-state index contributed by atoms with van der Waals surface area (Å²) in [5.41, 5.74) is 2.24. The molecule has 0 saturated heterocycles. The van der Waals surface area contributed by atoms with Crippen molar-refractivity contribution in [3.05, 3.63) is 89.1 Å². The number of halogens is 1. The van der Waals surface area contributed by atoms with Crippen LogP contribution in [0.15, 0.2) is 72.9 Å². The number of ether oxygens (including phenoxy) is 4. The van der Waals surface area contributed by atoms with Crippen molar-refractivity contribution in [3.8, 4) is 23.0 Å². The predicted molar refractivity (Wildman–Crippen MR) is 142 cm³/mol. The number of carboxylic acids is 1. The molecule has 3 aromatic carbocycles. The van der Waals surface area contributed by atoms with Gasteiger partial charge in [0.25, 0.3) is 0 Å². The number of pyridine rings is 1. The number of aromatic nitrogens is 1. The maximum absolute atomic E-state index is 12.0. The van der Waals surface area contributed by atoms with Gasteiger partial charge in [-0.3, -0.25) is 4.98 Å². The summed E-state index contributed by atoms with van der Waals surface area (Å²) < 4.78 is 23.5. The van der Waals surface area contributed by atoms with Crippen molar-refractivity contribution < 1.29 is 28.8 Å². The van der Waals surface area contributed by atoms with E-state index >= 15 is 0 Å². The van der Waals surface area contributed by atoms with Crippen LogP contribution in [0.25, 0.3) is 10.9 Å². The van der Waals surface area contributed by atoms with Gasteiger partial charge in [0.15, 0.2) is 6.10 Å². The van der Waals surface area contributed by atoms with Crippen LogP contribution < -0.4 is 18.9 Å². The SMILES string of the molecule is COc1ccc2ncc(COc3ccccc3CC(Oc3ccc(Cl)cc3)C(=O)O)c(OC(C)C)c2c1. The van der Waals surface area contributed by atoms with Crippen LogP contribution in [-0.4, -0.2) is 35.4 Å². The highest BCUT2D eigenvalue weighted by Crippen LogP contribution is 2.33. The van der Waals surface area contributed by atoms with Gasteiger partial charge in [0.2, 0.25) is 0 Å². The minimum absolute atomic E-state index is 0.0656. The van der Waals surface area contributed by atoms with Gasteiger partial charge in [0.05, 0.1) is 24.3 Å². The molecule has 0 aliphatic rings. The van der Waals surface area contributed by atoms with E-state index in [1.54, 1.807) is 43.6 Å². The maximum atomic E-state index is 12.0. The standard InChI is InChI=1S/C29H28ClNO6/c1-18(2)36-28-20(16-31-25-13-12-23(34-3)15-24(25)28)17-35-26-7-5-4-6-19(26)14-27(29(32)33)37-22-10-8-21(30)9-11-22/h4-13,15-16,18,27H,14,17H2,1-3H3,(H,32,33). The molecule has 1 N–H and O–H groups in total. The van der Waals surface area contributed by atoms with Crippen LogP contribution in [0.5, 0.6) is 23.0 Å². The summed E-state index contributed by atoms with van der Waals surface area (Å²) in [4.78, 5) is 16.5. The normalized spacial score (nSPS) is 11.8. The van der Waals surface area contributed by atoms with E-state index in [9.17, 15) is 9.90 Å². The van der Waals surface area contributed by atoms with Crippen molar-refractivity contribution >= 4 is 28.5 Å². The van der Waals surface area contributed by atoms with Crippen LogP contribution >= 0.6 is 11.6 Å². The average molecular weight is 522 g/mol. The molecule has 0 saturated carbocycles. The fourth-order valence-corrected chi connectivity index (χ4v) is 3.94. The summed E-state index contributed by atoms with van der Waals surface area (Å²) in [6, 6.07) is 19.5. The second kappa shape index (κ2) is 11.8. The average Bonchev–Trinajstić information content (AvgIpc) is 2.89. The highest BCUT2D eigenvalue weighted by Gasteiger charge is 2.22. The van der Waals surface area contributed by atoms with Gasteiger partial charge in [-0.05, 0) is 67.9 Å². The zero-order valence-electron chi connectivity index (χ0n) is 20.8. The molecule has 37 heavy (non-hydrogen) atoms. The number of rotatable bonds is 11. The number of methoxy groups -OCH3 is 1. The second-order valence-electron chi connectivity index (χ2n) is 8.66. The Balaban J connectivity index is 1.58. The van der Waals surface area contributed by atoms with Crippen LogP contribution in [0.4, 0.5) is 0 Å². The van der Waals surface area contributed by atoms with E-state index in [0.717, 1.165) is 16.5 Å². The number of hydrogen-bond donors (Lipinski definition) is 1. The zero-order valence-corrected chi connectivity index (χ0v) is 21.6. The number of aliphatic carboxylic acids is 1. The lowest BCUT2D eigenvalue weighted by Gasteiger charge is -2.19. The first-order chi connectivity index (χ1) is 17.8. The van der Waals surface area contributed by atoms with Gasteiger partial charge in [-0.2, -0.15) is 0 Å². The van der Waals surface area contributed by atoms with E-state index in [4.69, 9.17) is 30.5 Å². The fraction of sp³-hybridized carbons (Fsp3) is 0.241. The number of benzene rings is 3. The molecular weight excluding hydrogens is 494 g/mol. The summed E-state index contributed by atoms with van der Waals surface area (Å²) in [6.07, 6.45) is 0.667. The lowest BCUT2D eigenvalue weighted by molar-refractivity contribution is -0.145. The van der Waals surface area contributed by atoms with Crippen LogP contribution in [0.2, 0.25) is 5.02 Å². The molecular formula is C29H28ClNO6. The van der Waals surface area contributed by atoms with Gasteiger partial charge in [0.1, 0.15) is 29.6 Å². The smallest absolute Gasteiger partial charge is 0.345 e. The highest BCUT2D eigenvalue weighted by molar-refractivity contribution is 6.30. The minimum Gasteiger partial charge on any atom is -0.497 e. The number of carboxylic acid groups (broad SMARTS) is 1. The van der Waals surface area contributed by atoms with Crippen LogP contribution in [-0.2, 0) is 17.8 Å². The van der Waals surface area contributed by atoms with Crippen LogP contribution in [0.1, 0.15) is 25.0 Å². The quantitative estimate of drug-likeness (QED) is 0.246. The molecule has 1 atom stereocenters. The largest absolute Gasteiger partial charge is 0.497 e. The molecule has 4 aromatic rings. The molecule has 0 radical (unpaired) electrons. The molecule has 7 nitrogen and oxygen atoms in total. The van der Waals surface area contributed by atoms with Gasteiger partial charge in [0, 0.05) is 23.0 Å². The first-order valence-corrected chi connectivity index (χ1v) is 12.2.